The zero-order valence-corrected chi connectivity index (χ0v) is 20.4. The maximum Gasteiger partial charge on any atom is 0.347 e. The van der Waals surface area contributed by atoms with Crippen molar-refractivity contribution in [1.29, 1.82) is 0 Å². The lowest BCUT2D eigenvalue weighted by Gasteiger charge is -2.14. The molecule has 5 rings (SSSR count). The van der Waals surface area contributed by atoms with Gasteiger partial charge in [0.05, 0.1) is 30.9 Å². The van der Waals surface area contributed by atoms with Crippen LogP contribution in [0.1, 0.15) is 42.6 Å². The molecule has 1 aromatic heterocycles. The Bertz CT molecular complexity index is 1210. The monoisotopic (exact) mass is 497 g/mol. The molecule has 9 nitrogen and oxygen atoms in total. The second-order valence-electron chi connectivity index (χ2n) is 8.25. The van der Waals surface area contributed by atoms with E-state index >= 15 is 0 Å². The van der Waals surface area contributed by atoms with Crippen LogP contribution in [0.5, 0.6) is 5.75 Å². The first-order valence-electron chi connectivity index (χ1n) is 11.8. The van der Waals surface area contributed by atoms with Crippen LogP contribution in [0.2, 0.25) is 0 Å². The van der Waals surface area contributed by atoms with Gasteiger partial charge in [0.1, 0.15) is 5.75 Å². The van der Waals surface area contributed by atoms with Crippen LogP contribution in [0.3, 0.4) is 0 Å². The fourth-order valence-corrected chi connectivity index (χ4v) is 4.12. The zero-order chi connectivity index (χ0) is 26.1. The molecule has 2 fully saturated rings. The smallest absolute Gasteiger partial charge is 0.347 e. The molecule has 2 aromatic carbocycles. The number of rotatable bonds is 4. The van der Waals surface area contributed by atoms with Gasteiger partial charge in [0.2, 0.25) is 0 Å². The number of para-hydroxylation sites is 1. The Kier molecular flexibility index (Phi) is 9.61. The van der Waals surface area contributed by atoms with Gasteiger partial charge in [-0.05, 0) is 37.5 Å². The second-order valence-corrected chi connectivity index (χ2v) is 8.25. The summed E-state index contributed by atoms with van der Waals surface area (Å²) in [7, 11) is 0. The number of carbonyl (C=O) groups is 2. The minimum atomic E-state index is -0.833. The number of ether oxygens (including phenoxy) is 3. The molecule has 0 spiro atoms. The number of nitrogens with zero attached hydrogens (tertiary/aromatic N) is 1. The Balaban J connectivity index is 0.000000245. The molecule has 2 atom stereocenters. The van der Waals surface area contributed by atoms with Crippen molar-refractivity contribution in [2.75, 3.05) is 19.8 Å². The minimum Gasteiger partial charge on any atom is -0.506 e. The average molecular weight is 498 g/mol. The van der Waals surface area contributed by atoms with Gasteiger partial charge in [-0.25, -0.2) is 4.79 Å². The molecular weight excluding hydrogens is 466 g/mol. The summed E-state index contributed by atoms with van der Waals surface area (Å²) in [5.41, 5.74) is 0.599. The van der Waals surface area contributed by atoms with E-state index in [4.69, 9.17) is 24.1 Å². The largest absolute Gasteiger partial charge is 0.506 e. The van der Waals surface area contributed by atoms with E-state index in [0.717, 1.165) is 38.5 Å². The molecule has 0 saturated carbocycles. The normalized spacial score (nSPS) is 17.8. The molecule has 0 aliphatic carbocycles. The number of aromatic nitrogens is 1. The molecule has 2 N–H and O–H groups in total. The van der Waals surface area contributed by atoms with Crippen molar-refractivity contribution in [3.05, 3.63) is 76.1 Å². The summed E-state index contributed by atoms with van der Waals surface area (Å²) < 4.78 is 17.1. The van der Waals surface area contributed by atoms with Crippen molar-refractivity contribution in [1.82, 2.24) is 4.57 Å². The average Bonchev–Trinajstić information content (AvgIpc) is 3.49. The Morgan fingerprint density at radius 1 is 1.00 bits per heavy atom. The fourth-order valence-electron chi connectivity index (χ4n) is 4.12. The number of pyridine rings is 1. The van der Waals surface area contributed by atoms with E-state index in [0.29, 0.717) is 29.7 Å². The first kappa shape index (κ1) is 26.9. The summed E-state index contributed by atoms with van der Waals surface area (Å²) in [6.45, 7) is 4.99. The molecule has 0 radical (unpaired) electrons. The van der Waals surface area contributed by atoms with Crippen LogP contribution in [-0.4, -0.2) is 58.7 Å². The van der Waals surface area contributed by atoms with Gasteiger partial charge < -0.3 is 29.0 Å². The lowest BCUT2D eigenvalue weighted by molar-refractivity contribution is -0.134. The third kappa shape index (κ3) is 6.71. The lowest BCUT2D eigenvalue weighted by atomic mass is 10.1. The fraction of sp³-hybridized carbons (Fsp3) is 0.370. The number of carboxylic acids is 1. The van der Waals surface area contributed by atoms with E-state index in [2.05, 4.69) is 0 Å². The number of esters is 1. The number of hydrogen-bond acceptors (Lipinski definition) is 7. The third-order valence-electron chi connectivity index (χ3n) is 5.69. The number of carbonyl (C=O) groups excluding carboxylic acids is 1. The first-order valence-corrected chi connectivity index (χ1v) is 11.8. The summed E-state index contributed by atoms with van der Waals surface area (Å²) in [5, 5.41) is 18.3. The third-order valence-corrected chi connectivity index (χ3v) is 5.69. The highest BCUT2D eigenvalue weighted by Gasteiger charge is 2.33. The number of carboxylic acid groups (broad SMARTS) is 1. The molecule has 2 aliphatic heterocycles. The molecule has 0 bridgehead atoms. The van der Waals surface area contributed by atoms with Gasteiger partial charge in [-0.15, -0.1) is 0 Å². The highest BCUT2D eigenvalue weighted by atomic mass is 16.6. The van der Waals surface area contributed by atoms with E-state index in [1.54, 1.807) is 31.2 Å². The Morgan fingerprint density at radius 3 is 2.14 bits per heavy atom. The lowest BCUT2D eigenvalue weighted by Crippen LogP contribution is -2.28. The molecule has 192 valence electrons. The molecule has 0 amide bonds. The number of aliphatic carboxylic acids is 1. The van der Waals surface area contributed by atoms with Gasteiger partial charge >= 0.3 is 5.97 Å². The van der Waals surface area contributed by atoms with Crippen molar-refractivity contribution < 1.29 is 34.0 Å². The van der Waals surface area contributed by atoms with Crippen molar-refractivity contribution >= 4 is 22.8 Å². The molecular formula is C27H31NO8. The van der Waals surface area contributed by atoms with Gasteiger partial charge in [-0.1, -0.05) is 42.5 Å². The Hall–Kier alpha value is -3.69. The zero-order valence-electron chi connectivity index (χ0n) is 20.4. The van der Waals surface area contributed by atoms with Crippen LogP contribution in [0.25, 0.3) is 10.9 Å². The van der Waals surface area contributed by atoms with Crippen LogP contribution < -0.4 is 5.56 Å². The van der Waals surface area contributed by atoms with Crippen LogP contribution in [-0.2, 0) is 25.5 Å². The summed E-state index contributed by atoms with van der Waals surface area (Å²) in [6, 6.07) is 16.4. The molecule has 3 aromatic rings. The number of hydrogen-bond donors (Lipinski definition) is 2. The van der Waals surface area contributed by atoms with Crippen molar-refractivity contribution in [2.24, 2.45) is 0 Å². The molecule has 36 heavy (non-hydrogen) atoms. The van der Waals surface area contributed by atoms with Crippen LogP contribution in [0, 0.1) is 0 Å². The molecule has 3 heterocycles. The van der Waals surface area contributed by atoms with Gasteiger partial charge in [0, 0.05) is 25.5 Å². The van der Waals surface area contributed by atoms with Crippen LogP contribution in [0.15, 0.2) is 59.4 Å². The van der Waals surface area contributed by atoms with Crippen molar-refractivity contribution in [3.63, 3.8) is 0 Å². The maximum absolute atomic E-state index is 12.8. The van der Waals surface area contributed by atoms with E-state index in [-0.39, 0.29) is 17.9 Å². The Labute approximate surface area is 208 Å². The second kappa shape index (κ2) is 12.9. The highest BCUT2D eigenvalue weighted by molar-refractivity contribution is 5.99. The summed E-state index contributed by atoms with van der Waals surface area (Å²) in [5.74, 6) is -1.98. The van der Waals surface area contributed by atoms with E-state index in [9.17, 15) is 14.7 Å². The minimum absolute atomic E-state index is 0.128. The van der Waals surface area contributed by atoms with Crippen LogP contribution >= 0.6 is 0 Å². The number of aromatic hydroxyl groups is 1. The summed E-state index contributed by atoms with van der Waals surface area (Å²) in [6.07, 6.45) is 3.14. The predicted octanol–water partition coefficient (Wildman–Crippen LogP) is 3.59. The SMILES string of the molecule is C1C[C@H]2OCC[C@H]2O1.CC(=O)O.CCOC(=O)c1c(O)c2ccccc2n(Cc2ccccc2)c1=O. The standard InChI is InChI=1S/C19H17NO4.C6H10O2.C2H4O2/c1-2-24-19(23)16-17(21)14-10-6-7-11-15(14)20(18(16)22)12-13-8-4-3-5-9-13;1-3-7-6-2-4-8-5(1)6;1-2(3)4/h3-11,21H,2,12H2,1H3;5-6H,1-4H2;1H3,(H,3,4)/t;5-,6-;/m.1./s1. The maximum atomic E-state index is 12.8. The van der Waals surface area contributed by atoms with Gasteiger partial charge in [-0.3, -0.25) is 9.59 Å². The van der Waals surface area contributed by atoms with Crippen LogP contribution in [0.4, 0.5) is 0 Å². The topological polar surface area (TPSA) is 124 Å². The summed E-state index contributed by atoms with van der Waals surface area (Å²) >= 11 is 0. The highest BCUT2D eigenvalue weighted by Crippen LogP contribution is 2.27. The quantitative estimate of drug-likeness (QED) is 0.524. The summed E-state index contributed by atoms with van der Waals surface area (Å²) in [4.78, 5) is 34.0. The molecule has 2 aliphatic rings. The van der Waals surface area contributed by atoms with Crippen molar-refractivity contribution in [3.8, 4) is 5.75 Å². The molecule has 2 saturated heterocycles. The van der Waals surface area contributed by atoms with Gasteiger partial charge in [-0.2, -0.15) is 0 Å². The number of benzene rings is 2. The molecule has 9 heteroatoms. The van der Waals surface area contributed by atoms with E-state index in [1.807, 2.05) is 30.3 Å². The first-order chi connectivity index (χ1) is 17.3. The number of fused-ring (bicyclic) bond motifs is 2. The van der Waals surface area contributed by atoms with Gasteiger partial charge in [0.15, 0.2) is 5.56 Å². The van der Waals surface area contributed by atoms with E-state index < -0.39 is 17.5 Å². The molecule has 0 unspecified atom stereocenters. The van der Waals surface area contributed by atoms with Gasteiger partial charge in [0.25, 0.3) is 11.5 Å². The van der Waals surface area contributed by atoms with Crippen molar-refractivity contribution in [2.45, 2.75) is 45.4 Å². The van der Waals surface area contributed by atoms with E-state index in [1.165, 1.54) is 4.57 Å². The predicted molar refractivity (Wildman–Crippen MR) is 133 cm³/mol. The Morgan fingerprint density at radius 2 is 1.56 bits per heavy atom.